The van der Waals surface area contributed by atoms with Gasteiger partial charge in [-0.15, -0.1) is 5.10 Å². The minimum atomic E-state index is -0.210. The van der Waals surface area contributed by atoms with E-state index < -0.39 is 0 Å². The summed E-state index contributed by atoms with van der Waals surface area (Å²) in [7, 11) is 0. The predicted octanol–water partition coefficient (Wildman–Crippen LogP) is 0.984. The first-order valence-electron chi connectivity index (χ1n) is 5.39. The number of pyridine rings is 1. The lowest BCUT2D eigenvalue weighted by molar-refractivity contribution is 0.534. The van der Waals surface area contributed by atoms with Gasteiger partial charge in [0.2, 0.25) is 0 Å². The fraction of sp³-hybridized carbons (Fsp3) is 0.300. The van der Waals surface area contributed by atoms with Crippen LogP contribution in [0.5, 0.6) is 0 Å². The third-order valence-electron chi connectivity index (χ3n) is 2.28. The molecule has 0 radical (unpaired) electrons. The minimum Gasteiger partial charge on any atom is -0.308 e. The van der Waals surface area contributed by atoms with Crippen molar-refractivity contribution in [1.82, 2.24) is 19.7 Å². The highest BCUT2D eigenvalue weighted by Gasteiger charge is 2.12. The zero-order valence-electron chi connectivity index (χ0n) is 10.0. The maximum absolute atomic E-state index is 11.6. The Morgan fingerprint density at radius 2 is 2.33 bits per heavy atom. The van der Waals surface area contributed by atoms with Crippen molar-refractivity contribution in [1.29, 1.82) is 0 Å². The fourth-order valence-electron chi connectivity index (χ4n) is 1.48. The highest BCUT2D eigenvalue weighted by molar-refractivity contribution is 7.99. The number of nitrogens with one attached hydrogen (secondary N) is 2. The third-order valence-corrected chi connectivity index (χ3v) is 3.24. The molecule has 18 heavy (non-hydrogen) atoms. The molecular weight excluding hydrogens is 252 g/mol. The minimum absolute atomic E-state index is 0.0488. The molecule has 0 fully saturated rings. The highest BCUT2D eigenvalue weighted by atomic mass is 32.2. The van der Waals surface area contributed by atoms with E-state index >= 15 is 0 Å². The number of nitrogen functional groups attached to an aromatic ring is 1. The van der Waals surface area contributed by atoms with Gasteiger partial charge < -0.3 is 5.43 Å². The van der Waals surface area contributed by atoms with Crippen LogP contribution in [0.25, 0.3) is 0 Å². The number of aromatic nitrogens is 4. The molecular formula is C10H14N6OS. The first kappa shape index (κ1) is 12.7. The molecule has 2 heterocycles. The number of nitrogens with zero attached hydrogens (tertiary/aromatic N) is 3. The lowest BCUT2D eigenvalue weighted by Gasteiger charge is -2.08. The average Bonchev–Trinajstić information content (AvgIpc) is 2.70. The summed E-state index contributed by atoms with van der Waals surface area (Å²) in [6.07, 6.45) is 1.64. The molecule has 0 atom stereocenters. The second-order valence-electron chi connectivity index (χ2n) is 3.90. The van der Waals surface area contributed by atoms with Gasteiger partial charge in [-0.25, -0.2) is 20.7 Å². The van der Waals surface area contributed by atoms with E-state index in [1.807, 2.05) is 19.9 Å². The van der Waals surface area contributed by atoms with Gasteiger partial charge >= 0.3 is 5.69 Å². The molecule has 0 saturated carbocycles. The first-order valence-corrected chi connectivity index (χ1v) is 6.21. The van der Waals surface area contributed by atoms with Crippen molar-refractivity contribution in [2.24, 2.45) is 5.84 Å². The molecule has 0 bridgehead atoms. The molecule has 2 aromatic heterocycles. The number of aromatic amines is 1. The zero-order valence-corrected chi connectivity index (χ0v) is 10.9. The van der Waals surface area contributed by atoms with Crippen LogP contribution in [-0.2, 0) is 0 Å². The second-order valence-corrected chi connectivity index (χ2v) is 4.94. The molecule has 0 amide bonds. The Morgan fingerprint density at radius 3 is 3.00 bits per heavy atom. The van der Waals surface area contributed by atoms with Crippen LogP contribution in [0, 0.1) is 0 Å². The normalized spacial score (nSPS) is 10.9. The summed E-state index contributed by atoms with van der Waals surface area (Å²) in [6.45, 7) is 3.86. The molecule has 2 aromatic rings. The Morgan fingerprint density at radius 1 is 1.56 bits per heavy atom. The number of H-pyrrole nitrogens is 1. The summed E-state index contributed by atoms with van der Waals surface area (Å²) in [6, 6.07) is 3.66. The van der Waals surface area contributed by atoms with E-state index in [-0.39, 0.29) is 11.7 Å². The summed E-state index contributed by atoms with van der Waals surface area (Å²) in [5, 5.41) is 7.07. The molecule has 0 aliphatic heterocycles. The van der Waals surface area contributed by atoms with Crippen molar-refractivity contribution in [3.05, 3.63) is 28.8 Å². The first-order chi connectivity index (χ1) is 8.61. The van der Waals surface area contributed by atoms with Crippen LogP contribution in [0.4, 0.5) is 5.82 Å². The van der Waals surface area contributed by atoms with Crippen molar-refractivity contribution in [2.75, 3.05) is 5.43 Å². The number of hydrazine groups is 1. The van der Waals surface area contributed by atoms with Gasteiger partial charge in [0.1, 0.15) is 5.82 Å². The van der Waals surface area contributed by atoms with Gasteiger partial charge in [0.15, 0.2) is 5.16 Å². The van der Waals surface area contributed by atoms with E-state index in [9.17, 15) is 4.79 Å². The molecule has 0 spiro atoms. The monoisotopic (exact) mass is 266 g/mol. The Labute approximate surface area is 108 Å². The maximum Gasteiger partial charge on any atom is 0.344 e. The average molecular weight is 266 g/mol. The second kappa shape index (κ2) is 5.23. The molecule has 7 nitrogen and oxygen atoms in total. The van der Waals surface area contributed by atoms with Crippen LogP contribution in [0.1, 0.15) is 19.9 Å². The van der Waals surface area contributed by atoms with E-state index in [0.717, 1.165) is 4.90 Å². The van der Waals surface area contributed by atoms with Crippen molar-refractivity contribution >= 4 is 17.6 Å². The van der Waals surface area contributed by atoms with Gasteiger partial charge in [0.05, 0.1) is 0 Å². The molecule has 4 N–H and O–H groups in total. The molecule has 0 saturated heterocycles. The third kappa shape index (κ3) is 2.54. The van der Waals surface area contributed by atoms with Gasteiger partial charge in [-0.2, -0.15) is 0 Å². The van der Waals surface area contributed by atoms with E-state index in [4.69, 9.17) is 5.84 Å². The van der Waals surface area contributed by atoms with Crippen molar-refractivity contribution in [3.8, 4) is 0 Å². The number of nitrogens with two attached hydrogens (primary N) is 1. The van der Waals surface area contributed by atoms with Crippen molar-refractivity contribution in [2.45, 2.75) is 29.9 Å². The lowest BCUT2D eigenvalue weighted by Crippen LogP contribution is -2.19. The van der Waals surface area contributed by atoms with E-state index in [2.05, 4.69) is 20.6 Å². The van der Waals surface area contributed by atoms with Gasteiger partial charge in [0.25, 0.3) is 0 Å². The SMILES string of the molecule is CC(C)n1c(Sc2ccnc(NN)c2)n[nH]c1=O. The largest absolute Gasteiger partial charge is 0.344 e. The number of hydrogen-bond acceptors (Lipinski definition) is 6. The molecule has 8 heteroatoms. The summed E-state index contributed by atoms with van der Waals surface area (Å²) in [4.78, 5) is 16.5. The Kier molecular flexibility index (Phi) is 3.68. The Balaban J connectivity index is 2.31. The van der Waals surface area contributed by atoms with E-state index in [0.29, 0.717) is 11.0 Å². The smallest absolute Gasteiger partial charge is 0.308 e. The number of hydrogen-bond donors (Lipinski definition) is 3. The molecule has 0 aliphatic carbocycles. The topological polar surface area (TPSA) is 102 Å². The van der Waals surface area contributed by atoms with Crippen LogP contribution in [0.3, 0.4) is 0 Å². The van der Waals surface area contributed by atoms with Crippen molar-refractivity contribution < 1.29 is 0 Å². The maximum atomic E-state index is 11.6. The quantitative estimate of drug-likeness (QED) is 0.563. The van der Waals surface area contributed by atoms with Gasteiger partial charge in [-0.05, 0) is 37.7 Å². The molecule has 0 unspecified atom stereocenters. The zero-order chi connectivity index (χ0) is 13.1. The number of rotatable bonds is 4. The van der Waals surface area contributed by atoms with Gasteiger partial charge in [-0.3, -0.25) is 4.57 Å². The molecule has 2 rings (SSSR count). The standard InChI is InChI=1S/C10H14N6OS/c1-6(2)16-9(17)14-15-10(16)18-7-3-4-12-8(5-7)13-11/h3-6H,11H2,1-2H3,(H,12,13)(H,14,17). The summed E-state index contributed by atoms with van der Waals surface area (Å²) < 4.78 is 1.60. The van der Waals surface area contributed by atoms with Gasteiger partial charge in [0, 0.05) is 17.1 Å². The van der Waals surface area contributed by atoms with Crippen LogP contribution >= 0.6 is 11.8 Å². The predicted molar refractivity (Wildman–Crippen MR) is 69.4 cm³/mol. The highest BCUT2D eigenvalue weighted by Crippen LogP contribution is 2.27. The molecule has 96 valence electrons. The Hall–Kier alpha value is -1.80. The summed E-state index contributed by atoms with van der Waals surface area (Å²) in [5.74, 6) is 5.86. The van der Waals surface area contributed by atoms with Crippen LogP contribution < -0.4 is 17.0 Å². The van der Waals surface area contributed by atoms with Crippen molar-refractivity contribution in [3.63, 3.8) is 0 Å². The fourth-order valence-corrected chi connectivity index (χ4v) is 2.47. The van der Waals surface area contributed by atoms with Gasteiger partial charge in [-0.1, -0.05) is 0 Å². The number of anilines is 1. The van der Waals surface area contributed by atoms with Crippen LogP contribution in [0.15, 0.2) is 33.2 Å². The Bertz CT molecular complexity index is 590. The molecule has 0 aromatic carbocycles. The lowest BCUT2D eigenvalue weighted by atomic mass is 10.4. The summed E-state index contributed by atoms with van der Waals surface area (Å²) in [5.41, 5.74) is 2.27. The molecule has 0 aliphatic rings. The van der Waals surface area contributed by atoms with E-state index in [1.165, 1.54) is 11.8 Å². The van der Waals surface area contributed by atoms with E-state index in [1.54, 1.807) is 16.8 Å². The van der Waals surface area contributed by atoms with Crippen LogP contribution in [0.2, 0.25) is 0 Å². The van der Waals surface area contributed by atoms with Crippen LogP contribution in [-0.4, -0.2) is 19.7 Å². The summed E-state index contributed by atoms with van der Waals surface area (Å²) >= 11 is 1.38.